The second-order valence-electron chi connectivity index (χ2n) is 10.2. The topological polar surface area (TPSA) is 82.9 Å². The van der Waals surface area contributed by atoms with Crippen molar-refractivity contribution < 1.29 is 17.6 Å². The van der Waals surface area contributed by atoms with Crippen LogP contribution in [0.5, 0.6) is 0 Å². The molecule has 0 saturated carbocycles. The van der Waals surface area contributed by atoms with Crippen LogP contribution in [0.2, 0.25) is 0 Å². The summed E-state index contributed by atoms with van der Waals surface area (Å²) in [6, 6.07) is 1.94. The normalized spacial score (nSPS) is 19.0. The first kappa shape index (κ1) is 25.2. The molecule has 1 aromatic heterocycles. The molecule has 0 spiro atoms. The highest BCUT2D eigenvalue weighted by molar-refractivity contribution is 7.89. The predicted molar refractivity (Wildman–Crippen MR) is 135 cm³/mol. The molecular formula is C26H39N3O4S. The molecule has 0 atom stereocenters. The Morgan fingerprint density at radius 3 is 2.32 bits per heavy atom. The van der Waals surface area contributed by atoms with Gasteiger partial charge in [-0.15, -0.1) is 0 Å². The van der Waals surface area contributed by atoms with Crippen LogP contribution in [0.1, 0.15) is 72.7 Å². The maximum atomic E-state index is 13.5. The Labute approximate surface area is 203 Å². The Morgan fingerprint density at radius 2 is 1.68 bits per heavy atom. The summed E-state index contributed by atoms with van der Waals surface area (Å²) in [5.74, 6) is 0.868. The number of carbonyl (C=O) groups is 1. The molecule has 0 unspecified atom stereocenters. The summed E-state index contributed by atoms with van der Waals surface area (Å²) in [7, 11) is -3.81. The molecule has 8 heteroatoms. The molecule has 1 amide bonds. The third-order valence-corrected chi connectivity index (χ3v) is 9.26. The molecule has 2 aliphatic rings. The molecule has 7 nitrogen and oxygen atoms in total. The van der Waals surface area contributed by atoms with Crippen molar-refractivity contribution >= 4 is 26.9 Å². The number of amides is 1. The molecule has 2 aromatic rings. The van der Waals surface area contributed by atoms with Crippen LogP contribution in [0.15, 0.2) is 15.4 Å². The van der Waals surface area contributed by atoms with Gasteiger partial charge in [0, 0.05) is 37.1 Å². The number of nitrogens with zero attached hydrogens (tertiary/aromatic N) is 2. The van der Waals surface area contributed by atoms with Crippen LogP contribution in [-0.2, 0) is 10.0 Å². The molecular weight excluding hydrogens is 450 g/mol. The Bertz CT molecular complexity index is 1140. The fraction of sp³-hybridized carbons (Fsp3) is 0.654. The monoisotopic (exact) mass is 489 g/mol. The first-order valence-corrected chi connectivity index (χ1v) is 14.2. The van der Waals surface area contributed by atoms with E-state index < -0.39 is 10.0 Å². The van der Waals surface area contributed by atoms with Crippen molar-refractivity contribution in [2.24, 2.45) is 5.92 Å². The lowest BCUT2D eigenvalue weighted by molar-refractivity contribution is 0.0731. The van der Waals surface area contributed by atoms with Gasteiger partial charge in [-0.3, -0.25) is 4.79 Å². The fourth-order valence-corrected chi connectivity index (χ4v) is 6.65. The van der Waals surface area contributed by atoms with Gasteiger partial charge in [-0.25, -0.2) is 13.1 Å². The van der Waals surface area contributed by atoms with Crippen LogP contribution < -0.4 is 4.72 Å². The van der Waals surface area contributed by atoms with E-state index in [1.807, 2.05) is 31.7 Å². The van der Waals surface area contributed by atoms with E-state index in [2.05, 4.69) is 16.5 Å². The lowest BCUT2D eigenvalue weighted by Gasteiger charge is -2.30. The fourth-order valence-electron chi connectivity index (χ4n) is 5.18. The summed E-state index contributed by atoms with van der Waals surface area (Å²) in [4.78, 5) is 17.6. The molecule has 3 heterocycles. The first-order valence-electron chi connectivity index (χ1n) is 12.7. The third-order valence-electron chi connectivity index (χ3n) is 7.65. The van der Waals surface area contributed by atoms with Crippen LogP contribution in [0, 0.1) is 26.7 Å². The highest BCUT2D eigenvalue weighted by Crippen LogP contribution is 2.35. The van der Waals surface area contributed by atoms with Gasteiger partial charge in [0.15, 0.2) is 11.3 Å². The van der Waals surface area contributed by atoms with Gasteiger partial charge < -0.3 is 14.2 Å². The maximum absolute atomic E-state index is 13.5. The molecule has 1 N–H and O–H groups in total. The van der Waals surface area contributed by atoms with E-state index in [0.29, 0.717) is 29.6 Å². The molecule has 0 aliphatic carbocycles. The largest absolute Gasteiger partial charge is 0.449 e. The highest BCUT2D eigenvalue weighted by atomic mass is 32.2. The zero-order valence-corrected chi connectivity index (χ0v) is 21.9. The third kappa shape index (κ3) is 5.19. The number of fused-ring (bicyclic) bond motifs is 1. The molecule has 2 fully saturated rings. The van der Waals surface area contributed by atoms with E-state index in [1.165, 1.54) is 0 Å². The Hall–Kier alpha value is -1.90. The van der Waals surface area contributed by atoms with E-state index >= 15 is 0 Å². The van der Waals surface area contributed by atoms with Crippen LogP contribution >= 0.6 is 0 Å². The Balaban J connectivity index is 1.61. The standard InChI is InChI=1S/C26H39N3O4S/c1-18-9-14-28(15-10-18)16-11-27-34(31,32)25-20(3)19(2)17-22-21(4)23(33-24(22)25)26(30)29-12-7-5-6-8-13-29/h17-18,27H,5-16H2,1-4H3. The van der Waals surface area contributed by atoms with E-state index in [4.69, 9.17) is 4.42 Å². The lowest BCUT2D eigenvalue weighted by Crippen LogP contribution is -2.39. The van der Waals surface area contributed by atoms with Crippen molar-refractivity contribution in [2.75, 3.05) is 39.3 Å². The van der Waals surface area contributed by atoms with Crippen molar-refractivity contribution in [2.45, 2.75) is 71.1 Å². The van der Waals surface area contributed by atoms with Crippen molar-refractivity contribution in [3.8, 4) is 0 Å². The average Bonchev–Trinajstić information content (AvgIpc) is 2.97. The highest BCUT2D eigenvalue weighted by Gasteiger charge is 2.30. The van der Waals surface area contributed by atoms with Gasteiger partial charge in [0.05, 0.1) is 0 Å². The molecule has 0 radical (unpaired) electrons. The molecule has 0 bridgehead atoms. The number of rotatable bonds is 6. The lowest BCUT2D eigenvalue weighted by atomic mass is 9.99. The molecule has 2 aliphatic heterocycles. The minimum Gasteiger partial charge on any atom is -0.449 e. The van der Waals surface area contributed by atoms with Crippen molar-refractivity contribution in [3.63, 3.8) is 0 Å². The molecule has 2 saturated heterocycles. The van der Waals surface area contributed by atoms with E-state index in [-0.39, 0.29) is 22.1 Å². The maximum Gasteiger partial charge on any atom is 0.289 e. The SMILES string of the molecule is Cc1cc2c(C)c(C(=O)N3CCCCCC3)oc2c(S(=O)(=O)NCCN2CCC(C)CC2)c1C. The average molecular weight is 490 g/mol. The number of furan rings is 1. The smallest absolute Gasteiger partial charge is 0.289 e. The molecule has 34 heavy (non-hydrogen) atoms. The van der Waals surface area contributed by atoms with E-state index in [9.17, 15) is 13.2 Å². The summed E-state index contributed by atoms with van der Waals surface area (Å²) in [6.07, 6.45) is 6.55. The number of nitrogens with one attached hydrogen (secondary N) is 1. The van der Waals surface area contributed by atoms with Gasteiger partial charge in [0.2, 0.25) is 10.0 Å². The van der Waals surface area contributed by atoms with Crippen LogP contribution in [0.4, 0.5) is 0 Å². The van der Waals surface area contributed by atoms with Gasteiger partial charge in [-0.1, -0.05) is 19.8 Å². The summed E-state index contributed by atoms with van der Waals surface area (Å²) >= 11 is 0. The number of likely N-dealkylation sites (tertiary alicyclic amines) is 2. The zero-order valence-electron chi connectivity index (χ0n) is 21.1. The number of sulfonamides is 1. The van der Waals surface area contributed by atoms with Crippen LogP contribution in [-0.4, -0.2) is 63.4 Å². The number of benzene rings is 1. The summed E-state index contributed by atoms with van der Waals surface area (Å²) in [6.45, 7) is 12.3. The van der Waals surface area contributed by atoms with Gasteiger partial charge in [-0.2, -0.15) is 0 Å². The van der Waals surface area contributed by atoms with Gasteiger partial charge in [0.1, 0.15) is 4.90 Å². The number of hydrogen-bond donors (Lipinski definition) is 1. The first-order chi connectivity index (χ1) is 16.2. The van der Waals surface area contributed by atoms with Crippen LogP contribution in [0.3, 0.4) is 0 Å². The molecule has 188 valence electrons. The summed E-state index contributed by atoms with van der Waals surface area (Å²) < 4.78 is 35.8. The summed E-state index contributed by atoms with van der Waals surface area (Å²) in [5.41, 5.74) is 2.54. The van der Waals surface area contributed by atoms with Crippen molar-refractivity contribution in [1.82, 2.24) is 14.5 Å². The zero-order chi connectivity index (χ0) is 24.5. The number of piperidine rings is 1. The Morgan fingerprint density at radius 1 is 1.03 bits per heavy atom. The molecule has 4 rings (SSSR count). The van der Waals surface area contributed by atoms with Gasteiger partial charge in [0.25, 0.3) is 5.91 Å². The van der Waals surface area contributed by atoms with Gasteiger partial charge >= 0.3 is 0 Å². The second-order valence-corrected chi connectivity index (χ2v) is 11.9. The minimum atomic E-state index is -3.81. The number of aryl methyl sites for hydroxylation is 2. The summed E-state index contributed by atoms with van der Waals surface area (Å²) in [5, 5.41) is 0.701. The van der Waals surface area contributed by atoms with E-state index in [0.717, 1.165) is 76.2 Å². The molecule has 1 aromatic carbocycles. The Kier molecular flexibility index (Phi) is 7.69. The second kappa shape index (κ2) is 10.4. The number of hydrogen-bond acceptors (Lipinski definition) is 5. The van der Waals surface area contributed by atoms with Gasteiger partial charge in [-0.05, 0) is 82.7 Å². The minimum absolute atomic E-state index is 0.137. The van der Waals surface area contributed by atoms with Crippen molar-refractivity contribution in [3.05, 3.63) is 28.5 Å². The van der Waals surface area contributed by atoms with Crippen LogP contribution in [0.25, 0.3) is 11.0 Å². The predicted octanol–water partition coefficient (Wildman–Crippen LogP) is 4.38. The van der Waals surface area contributed by atoms with Crippen molar-refractivity contribution in [1.29, 1.82) is 0 Å². The number of carbonyl (C=O) groups excluding carboxylic acids is 1. The quantitative estimate of drug-likeness (QED) is 0.651. The van der Waals surface area contributed by atoms with E-state index in [1.54, 1.807) is 0 Å².